The highest BCUT2D eigenvalue weighted by molar-refractivity contribution is 5.95. The van der Waals surface area contributed by atoms with Crippen molar-refractivity contribution in [3.63, 3.8) is 0 Å². The van der Waals surface area contributed by atoms with Crippen LogP contribution >= 0.6 is 0 Å². The lowest BCUT2D eigenvalue weighted by Crippen LogP contribution is -2.52. The van der Waals surface area contributed by atoms with Gasteiger partial charge in [-0.1, -0.05) is 13.8 Å². The normalized spacial score (nSPS) is 13.8. The molecule has 1 amide bonds. The minimum Gasteiger partial charge on any atom is -0.477 e. The van der Waals surface area contributed by atoms with Crippen LogP contribution in [-0.2, 0) is 0 Å². The number of aromatic carboxylic acids is 1. The standard InChI is InChI=1S/C14H21N3O3/c1-9(2)6-14(3,8-15)17-12(18)10-4-5-11(13(19)20)16-7-10/h4-5,7,9H,6,8,15H2,1-3H3,(H,17,18)(H,19,20). The topological polar surface area (TPSA) is 105 Å². The smallest absolute Gasteiger partial charge is 0.354 e. The summed E-state index contributed by atoms with van der Waals surface area (Å²) in [5.41, 5.74) is 5.47. The van der Waals surface area contributed by atoms with E-state index in [1.807, 2.05) is 6.92 Å². The number of pyridine rings is 1. The third kappa shape index (κ3) is 4.31. The van der Waals surface area contributed by atoms with E-state index >= 15 is 0 Å². The lowest BCUT2D eigenvalue weighted by atomic mass is 9.90. The molecule has 6 nitrogen and oxygen atoms in total. The molecule has 1 rings (SSSR count). The zero-order chi connectivity index (χ0) is 15.3. The molecular formula is C14H21N3O3. The molecule has 0 aliphatic carbocycles. The lowest BCUT2D eigenvalue weighted by Gasteiger charge is -2.31. The van der Waals surface area contributed by atoms with Crippen LogP contribution in [0.5, 0.6) is 0 Å². The Kier molecular flexibility index (Phi) is 5.21. The zero-order valence-electron chi connectivity index (χ0n) is 12.0. The van der Waals surface area contributed by atoms with Gasteiger partial charge >= 0.3 is 5.97 Å². The Bertz CT molecular complexity index is 485. The molecule has 0 radical (unpaired) electrons. The van der Waals surface area contributed by atoms with E-state index in [-0.39, 0.29) is 11.6 Å². The van der Waals surface area contributed by atoms with E-state index in [0.717, 1.165) is 6.42 Å². The van der Waals surface area contributed by atoms with Gasteiger partial charge in [0.25, 0.3) is 5.91 Å². The number of carboxylic acids is 1. The fourth-order valence-electron chi connectivity index (χ4n) is 2.09. The molecule has 20 heavy (non-hydrogen) atoms. The number of nitrogens with two attached hydrogens (primary N) is 1. The van der Waals surface area contributed by atoms with Crippen LogP contribution in [0.4, 0.5) is 0 Å². The number of amides is 1. The number of nitrogens with one attached hydrogen (secondary N) is 1. The van der Waals surface area contributed by atoms with Crippen molar-refractivity contribution in [2.75, 3.05) is 6.54 Å². The third-order valence-corrected chi connectivity index (χ3v) is 2.97. The minimum atomic E-state index is -1.12. The first kappa shape index (κ1) is 16.1. The predicted octanol–water partition coefficient (Wildman–Crippen LogP) is 1.27. The molecule has 0 bridgehead atoms. The summed E-state index contributed by atoms with van der Waals surface area (Å²) in [6.45, 7) is 6.34. The van der Waals surface area contributed by atoms with Crippen LogP contribution < -0.4 is 11.1 Å². The minimum absolute atomic E-state index is 0.0923. The summed E-state index contributed by atoms with van der Waals surface area (Å²) in [5.74, 6) is -1.03. The van der Waals surface area contributed by atoms with Crippen molar-refractivity contribution in [2.24, 2.45) is 11.7 Å². The second-order valence-electron chi connectivity index (χ2n) is 5.55. The summed E-state index contributed by atoms with van der Waals surface area (Å²) < 4.78 is 0. The molecule has 0 aliphatic heterocycles. The van der Waals surface area contributed by atoms with Crippen molar-refractivity contribution < 1.29 is 14.7 Å². The second-order valence-corrected chi connectivity index (χ2v) is 5.55. The molecule has 1 heterocycles. The van der Waals surface area contributed by atoms with Gasteiger partial charge in [0.15, 0.2) is 0 Å². The van der Waals surface area contributed by atoms with E-state index in [0.29, 0.717) is 18.0 Å². The van der Waals surface area contributed by atoms with Crippen LogP contribution in [0.2, 0.25) is 0 Å². The Hall–Kier alpha value is -1.95. The van der Waals surface area contributed by atoms with Gasteiger partial charge in [-0.15, -0.1) is 0 Å². The van der Waals surface area contributed by atoms with E-state index in [9.17, 15) is 9.59 Å². The first-order valence-corrected chi connectivity index (χ1v) is 6.49. The maximum Gasteiger partial charge on any atom is 0.354 e. The van der Waals surface area contributed by atoms with Crippen LogP contribution in [0.1, 0.15) is 48.0 Å². The van der Waals surface area contributed by atoms with Gasteiger partial charge in [-0.2, -0.15) is 0 Å². The first-order chi connectivity index (χ1) is 9.27. The monoisotopic (exact) mass is 279 g/mol. The molecule has 4 N–H and O–H groups in total. The van der Waals surface area contributed by atoms with Gasteiger partial charge < -0.3 is 16.2 Å². The van der Waals surface area contributed by atoms with E-state index in [2.05, 4.69) is 24.1 Å². The van der Waals surface area contributed by atoms with Crippen molar-refractivity contribution in [1.29, 1.82) is 0 Å². The van der Waals surface area contributed by atoms with Crippen LogP contribution in [0.15, 0.2) is 18.3 Å². The molecule has 0 fully saturated rings. The molecule has 0 aromatic carbocycles. The summed E-state index contributed by atoms with van der Waals surface area (Å²) in [7, 11) is 0. The van der Waals surface area contributed by atoms with Gasteiger partial charge in [0.05, 0.1) is 5.56 Å². The predicted molar refractivity (Wildman–Crippen MR) is 75.6 cm³/mol. The maximum atomic E-state index is 12.1. The van der Waals surface area contributed by atoms with Crippen molar-refractivity contribution in [2.45, 2.75) is 32.7 Å². The van der Waals surface area contributed by atoms with Crippen LogP contribution in [-0.4, -0.2) is 34.1 Å². The highest BCUT2D eigenvalue weighted by Gasteiger charge is 2.26. The van der Waals surface area contributed by atoms with Crippen LogP contribution in [0, 0.1) is 5.92 Å². The van der Waals surface area contributed by atoms with Gasteiger partial charge in [0.1, 0.15) is 5.69 Å². The Labute approximate surface area is 118 Å². The lowest BCUT2D eigenvalue weighted by molar-refractivity contribution is 0.0689. The molecule has 1 aromatic rings. The summed E-state index contributed by atoms with van der Waals surface area (Å²) in [6, 6.07) is 2.75. The molecule has 0 saturated heterocycles. The molecule has 6 heteroatoms. The Morgan fingerprint density at radius 3 is 2.50 bits per heavy atom. The average molecular weight is 279 g/mol. The van der Waals surface area contributed by atoms with Crippen molar-refractivity contribution in [1.82, 2.24) is 10.3 Å². The average Bonchev–Trinajstić information content (AvgIpc) is 2.37. The Balaban J connectivity index is 2.81. The molecule has 1 aromatic heterocycles. The molecule has 0 aliphatic rings. The van der Waals surface area contributed by atoms with Crippen molar-refractivity contribution in [3.05, 3.63) is 29.6 Å². The number of aromatic nitrogens is 1. The van der Waals surface area contributed by atoms with E-state index in [4.69, 9.17) is 10.8 Å². The van der Waals surface area contributed by atoms with Gasteiger partial charge in [0, 0.05) is 18.3 Å². The van der Waals surface area contributed by atoms with E-state index in [1.54, 1.807) is 0 Å². The highest BCUT2D eigenvalue weighted by atomic mass is 16.4. The number of hydrogen-bond acceptors (Lipinski definition) is 4. The first-order valence-electron chi connectivity index (χ1n) is 6.49. The fraction of sp³-hybridized carbons (Fsp3) is 0.500. The van der Waals surface area contributed by atoms with Gasteiger partial charge in [-0.05, 0) is 31.4 Å². The van der Waals surface area contributed by atoms with Crippen LogP contribution in [0.3, 0.4) is 0 Å². The van der Waals surface area contributed by atoms with Gasteiger partial charge in [-0.3, -0.25) is 4.79 Å². The third-order valence-electron chi connectivity index (χ3n) is 2.97. The molecule has 0 spiro atoms. The van der Waals surface area contributed by atoms with Crippen molar-refractivity contribution in [3.8, 4) is 0 Å². The number of carbonyl (C=O) groups excluding carboxylic acids is 1. The number of rotatable bonds is 6. The van der Waals surface area contributed by atoms with Crippen LogP contribution in [0.25, 0.3) is 0 Å². The Morgan fingerprint density at radius 1 is 1.45 bits per heavy atom. The van der Waals surface area contributed by atoms with Crippen molar-refractivity contribution >= 4 is 11.9 Å². The number of carboxylic acid groups (broad SMARTS) is 1. The molecule has 110 valence electrons. The highest BCUT2D eigenvalue weighted by Crippen LogP contribution is 2.16. The molecule has 1 unspecified atom stereocenters. The SMILES string of the molecule is CC(C)CC(C)(CN)NC(=O)c1ccc(C(=O)O)nc1. The largest absolute Gasteiger partial charge is 0.477 e. The van der Waals surface area contributed by atoms with E-state index < -0.39 is 11.5 Å². The molecule has 0 saturated carbocycles. The molecular weight excluding hydrogens is 258 g/mol. The molecule has 1 atom stereocenters. The summed E-state index contributed by atoms with van der Waals surface area (Å²) >= 11 is 0. The van der Waals surface area contributed by atoms with Gasteiger partial charge in [-0.25, -0.2) is 9.78 Å². The zero-order valence-corrected chi connectivity index (χ0v) is 12.0. The second kappa shape index (κ2) is 6.47. The van der Waals surface area contributed by atoms with Gasteiger partial charge in [0.2, 0.25) is 0 Å². The summed E-state index contributed by atoms with van der Waals surface area (Å²) in [5, 5.41) is 11.6. The fourth-order valence-corrected chi connectivity index (χ4v) is 2.09. The van der Waals surface area contributed by atoms with E-state index in [1.165, 1.54) is 18.3 Å². The number of carbonyl (C=O) groups is 2. The Morgan fingerprint density at radius 2 is 2.10 bits per heavy atom. The quantitative estimate of drug-likeness (QED) is 0.727. The maximum absolute atomic E-state index is 12.1. The summed E-state index contributed by atoms with van der Waals surface area (Å²) in [4.78, 5) is 26.6. The summed E-state index contributed by atoms with van der Waals surface area (Å²) in [6.07, 6.45) is 2.01. The number of hydrogen-bond donors (Lipinski definition) is 3. The number of nitrogens with zero attached hydrogens (tertiary/aromatic N) is 1.